The van der Waals surface area contributed by atoms with Crippen LogP contribution in [0.5, 0.6) is 11.5 Å². The van der Waals surface area contributed by atoms with Gasteiger partial charge >= 0.3 is 0 Å². The smallest absolute Gasteiger partial charge is 0.251 e. The maximum atomic E-state index is 11.8. The summed E-state index contributed by atoms with van der Waals surface area (Å²) in [4.78, 5) is 19.1. The van der Waals surface area contributed by atoms with Gasteiger partial charge in [-0.05, 0) is 30.3 Å². The van der Waals surface area contributed by atoms with Gasteiger partial charge in [0.25, 0.3) is 5.91 Å². The Hall–Kier alpha value is -3.32. The summed E-state index contributed by atoms with van der Waals surface area (Å²) in [5.74, 6) is 2.54. The SMILES string of the molecule is CNC(=O)c1ccc(-c2nc3c(n2C)CN(Cc2cc(OC)ccc2OC)CC3)cc1. The Morgan fingerprint density at radius 1 is 1.13 bits per heavy atom. The third kappa shape index (κ3) is 4.14. The second-order valence-electron chi connectivity index (χ2n) is 7.68. The standard InChI is InChI=1S/C24H28N4O3/c1-25-24(29)17-7-5-16(6-8-17)23-26-20-11-12-28(15-21(20)27(23)2)14-18-13-19(30-3)9-10-22(18)31-4/h5-10,13H,11-12,14-15H2,1-4H3,(H,25,29). The summed E-state index contributed by atoms with van der Waals surface area (Å²) in [5.41, 5.74) is 5.12. The van der Waals surface area contributed by atoms with Crippen LogP contribution in [0.4, 0.5) is 0 Å². The molecule has 162 valence electrons. The van der Waals surface area contributed by atoms with Crippen molar-refractivity contribution in [1.82, 2.24) is 19.8 Å². The lowest BCUT2D eigenvalue weighted by atomic mass is 10.1. The predicted octanol–water partition coefficient (Wildman–Crippen LogP) is 3.02. The van der Waals surface area contributed by atoms with Crippen LogP contribution in [-0.4, -0.2) is 48.2 Å². The fourth-order valence-corrected chi connectivity index (χ4v) is 4.10. The van der Waals surface area contributed by atoms with E-state index in [1.807, 2.05) is 42.5 Å². The molecule has 1 aliphatic rings. The Bertz CT molecular complexity index is 1090. The maximum Gasteiger partial charge on any atom is 0.251 e. The summed E-state index contributed by atoms with van der Waals surface area (Å²) in [6.45, 7) is 2.52. The molecule has 4 rings (SSSR count). The van der Waals surface area contributed by atoms with E-state index >= 15 is 0 Å². The average molecular weight is 421 g/mol. The lowest BCUT2D eigenvalue weighted by molar-refractivity contribution is 0.0963. The van der Waals surface area contributed by atoms with Crippen molar-refractivity contribution in [3.63, 3.8) is 0 Å². The maximum absolute atomic E-state index is 11.8. The third-order valence-corrected chi connectivity index (χ3v) is 5.85. The Morgan fingerprint density at radius 2 is 1.90 bits per heavy atom. The molecule has 0 unspecified atom stereocenters. The first-order valence-electron chi connectivity index (χ1n) is 10.3. The van der Waals surface area contributed by atoms with E-state index in [2.05, 4.69) is 21.8 Å². The van der Waals surface area contributed by atoms with Crippen molar-refractivity contribution < 1.29 is 14.3 Å². The summed E-state index contributed by atoms with van der Waals surface area (Å²) < 4.78 is 13.1. The summed E-state index contributed by atoms with van der Waals surface area (Å²) in [6, 6.07) is 13.5. The number of carbonyl (C=O) groups is 1. The number of hydrogen-bond donors (Lipinski definition) is 1. The Labute approximate surface area is 182 Å². The monoisotopic (exact) mass is 420 g/mol. The first-order chi connectivity index (χ1) is 15.0. The number of nitrogens with zero attached hydrogens (tertiary/aromatic N) is 3. The summed E-state index contributed by atoms with van der Waals surface area (Å²) >= 11 is 0. The number of amides is 1. The number of rotatable bonds is 6. The number of methoxy groups -OCH3 is 2. The number of imidazole rings is 1. The highest BCUT2D eigenvalue weighted by Crippen LogP contribution is 2.29. The number of hydrogen-bond acceptors (Lipinski definition) is 5. The number of carbonyl (C=O) groups excluding carboxylic acids is 1. The molecule has 31 heavy (non-hydrogen) atoms. The normalized spacial score (nSPS) is 13.5. The molecule has 2 heterocycles. The van der Waals surface area contributed by atoms with Crippen molar-refractivity contribution in [1.29, 1.82) is 0 Å². The third-order valence-electron chi connectivity index (χ3n) is 5.85. The van der Waals surface area contributed by atoms with Gasteiger partial charge in [-0.1, -0.05) is 12.1 Å². The highest BCUT2D eigenvalue weighted by Gasteiger charge is 2.24. The van der Waals surface area contributed by atoms with E-state index in [9.17, 15) is 4.79 Å². The van der Waals surface area contributed by atoms with Gasteiger partial charge in [0.1, 0.15) is 17.3 Å². The van der Waals surface area contributed by atoms with E-state index in [4.69, 9.17) is 14.5 Å². The second kappa shape index (κ2) is 8.81. The lowest BCUT2D eigenvalue weighted by Gasteiger charge is -2.27. The highest BCUT2D eigenvalue weighted by molar-refractivity contribution is 5.94. The molecule has 0 aliphatic carbocycles. The fraction of sp³-hybridized carbons (Fsp3) is 0.333. The number of fused-ring (bicyclic) bond motifs is 1. The van der Waals surface area contributed by atoms with Gasteiger partial charge in [-0.25, -0.2) is 4.98 Å². The largest absolute Gasteiger partial charge is 0.497 e. The number of nitrogens with one attached hydrogen (secondary N) is 1. The van der Waals surface area contributed by atoms with E-state index in [1.54, 1.807) is 21.3 Å². The molecule has 1 aliphatic heterocycles. The van der Waals surface area contributed by atoms with Crippen LogP contribution >= 0.6 is 0 Å². The summed E-state index contributed by atoms with van der Waals surface area (Å²) in [5, 5.41) is 2.65. The molecule has 0 fully saturated rings. The van der Waals surface area contributed by atoms with E-state index in [1.165, 1.54) is 5.69 Å². The van der Waals surface area contributed by atoms with Crippen molar-refractivity contribution >= 4 is 5.91 Å². The minimum absolute atomic E-state index is 0.0886. The molecule has 0 radical (unpaired) electrons. The van der Waals surface area contributed by atoms with Gasteiger partial charge in [-0.2, -0.15) is 0 Å². The Balaban J connectivity index is 1.56. The van der Waals surface area contributed by atoms with Crippen LogP contribution in [0.25, 0.3) is 11.4 Å². The Kier molecular flexibility index (Phi) is 5.95. The van der Waals surface area contributed by atoms with Gasteiger partial charge in [0.2, 0.25) is 0 Å². The topological polar surface area (TPSA) is 68.6 Å². The quantitative estimate of drug-likeness (QED) is 0.664. The molecule has 0 saturated carbocycles. The highest BCUT2D eigenvalue weighted by atomic mass is 16.5. The Morgan fingerprint density at radius 3 is 2.58 bits per heavy atom. The minimum atomic E-state index is -0.0886. The zero-order valence-electron chi connectivity index (χ0n) is 18.4. The molecule has 1 aromatic heterocycles. The summed E-state index contributed by atoms with van der Waals surface area (Å²) in [6.07, 6.45) is 0.895. The van der Waals surface area contributed by atoms with Crippen LogP contribution in [0.15, 0.2) is 42.5 Å². The van der Waals surface area contributed by atoms with Gasteiger partial charge in [0.05, 0.1) is 25.6 Å². The van der Waals surface area contributed by atoms with E-state index in [0.717, 1.165) is 60.2 Å². The van der Waals surface area contributed by atoms with Gasteiger partial charge in [0, 0.05) is 56.8 Å². The lowest BCUT2D eigenvalue weighted by Crippen LogP contribution is -2.31. The molecule has 7 heteroatoms. The van der Waals surface area contributed by atoms with Gasteiger partial charge in [0.15, 0.2) is 0 Å². The average Bonchev–Trinajstić information content (AvgIpc) is 3.14. The zero-order chi connectivity index (χ0) is 22.0. The predicted molar refractivity (Wildman–Crippen MR) is 119 cm³/mol. The molecule has 7 nitrogen and oxygen atoms in total. The molecule has 1 amide bonds. The second-order valence-corrected chi connectivity index (χ2v) is 7.68. The zero-order valence-corrected chi connectivity index (χ0v) is 18.4. The molecular weight excluding hydrogens is 392 g/mol. The first kappa shape index (κ1) is 20.9. The van der Waals surface area contributed by atoms with E-state index < -0.39 is 0 Å². The van der Waals surface area contributed by atoms with Gasteiger partial charge < -0.3 is 19.4 Å². The molecule has 0 atom stereocenters. The summed E-state index contributed by atoms with van der Waals surface area (Å²) in [7, 11) is 7.07. The van der Waals surface area contributed by atoms with Crippen molar-refractivity contribution in [3.8, 4) is 22.9 Å². The van der Waals surface area contributed by atoms with Crippen LogP contribution in [0, 0.1) is 0 Å². The number of benzene rings is 2. The molecule has 0 saturated heterocycles. The van der Waals surface area contributed by atoms with Crippen molar-refractivity contribution in [2.24, 2.45) is 7.05 Å². The molecule has 0 spiro atoms. The van der Waals surface area contributed by atoms with Crippen LogP contribution < -0.4 is 14.8 Å². The number of ether oxygens (including phenoxy) is 2. The van der Waals surface area contributed by atoms with Gasteiger partial charge in [-0.3, -0.25) is 9.69 Å². The molecule has 3 aromatic rings. The van der Waals surface area contributed by atoms with Crippen molar-refractivity contribution in [3.05, 3.63) is 65.0 Å². The van der Waals surface area contributed by atoms with Crippen LogP contribution in [-0.2, 0) is 26.6 Å². The van der Waals surface area contributed by atoms with E-state index in [-0.39, 0.29) is 5.91 Å². The fourth-order valence-electron chi connectivity index (χ4n) is 4.10. The van der Waals surface area contributed by atoms with Crippen LogP contribution in [0.3, 0.4) is 0 Å². The van der Waals surface area contributed by atoms with Crippen molar-refractivity contribution in [2.45, 2.75) is 19.5 Å². The molecule has 1 N–H and O–H groups in total. The van der Waals surface area contributed by atoms with Crippen LogP contribution in [0.2, 0.25) is 0 Å². The number of aromatic nitrogens is 2. The van der Waals surface area contributed by atoms with Crippen molar-refractivity contribution in [2.75, 3.05) is 27.8 Å². The molecular formula is C24H28N4O3. The van der Waals surface area contributed by atoms with E-state index in [0.29, 0.717) is 5.56 Å². The minimum Gasteiger partial charge on any atom is -0.497 e. The van der Waals surface area contributed by atoms with Crippen LogP contribution in [0.1, 0.15) is 27.3 Å². The molecule has 2 aromatic carbocycles. The van der Waals surface area contributed by atoms with Gasteiger partial charge in [-0.15, -0.1) is 0 Å². The first-order valence-corrected chi connectivity index (χ1v) is 10.3. The molecule has 0 bridgehead atoms.